The predicted molar refractivity (Wildman–Crippen MR) is 80.3 cm³/mol. The summed E-state index contributed by atoms with van der Waals surface area (Å²) in [7, 11) is 2.90. The number of carbonyl (C=O) groups is 1. The standard InChI is InChI=1S/C15H17N3O3/c1-20-13-8-10(6-7-17-13)9-18-14-11(15(19)21-2)4-3-5-12(14)16/h3-8,18H,9,16H2,1-2H3. The zero-order valence-corrected chi connectivity index (χ0v) is 11.9. The maximum Gasteiger partial charge on any atom is 0.340 e. The highest BCUT2D eigenvalue weighted by atomic mass is 16.5. The molecule has 3 N–H and O–H groups in total. The molecule has 1 aromatic carbocycles. The number of nitrogens with zero attached hydrogens (tertiary/aromatic N) is 1. The normalized spacial score (nSPS) is 10.0. The first kappa shape index (κ1) is 14.6. The summed E-state index contributed by atoms with van der Waals surface area (Å²) in [6, 6.07) is 8.76. The van der Waals surface area contributed by atoms with Crippen LogP contribution >= 0.6 is 0 Å². The van der Waals surface area contributed by atoms with Gasteiger partial charge in [0.15, 0.2) is 0 Å². The number of nitrogens with one attached hydrogen (secondary N) is 1. The maximum absolute atomic E-state index is 11.8. The molecule has 0 unspecified atom stereocenters. The van der Waals surface area contributed by atoms with E-state index in [1.807, 2.05) is 12.1 Å². The molecule has 1 heterocycles. The Morgan fingerprint density at radius 3 is 2.86 bits per heavy atom. The van der Waals surface area contributed by atoms with Crippen LogP contribution in [-0.2, 0) is 11.3 Å². The fourth-order valence-electron chi connectivity index (χ4n) is 1.91. The summed E-state index contributed by atoms with van der Waals surface area (Å²) in [5.41, 5.74) is 8.33. The van der Waals surface area contributed by atoms with Crippen LogP contribution in [0.5, 0.6) is 5.88 Å². The fourth-order valence-corrected chi connectivity index (χ4v) is 1.91. The molecule has 0 saturated heterocycles. The first-order chi connectivity index (χ1) is 10.2. The summed E-state index contributed by atoms with van der Waals surface area (Å²) in [5, 5.41) is 3.16. The minimum Gasteiger partial charge on any atom is -0.481 e. The SMILES string of the molecule is COC(=O)c1cccc(N)c1NCc1ccnc(OC)c1. The van der Waals surface area contributed by atoms with Crippen LogP contribution in [0.25, 0.3) is 0 Å². The number of para-hydroxylation sites is 1. The van der Waals surface area contributed by atoms with E-state index in [1.54, 1.807) is 31.5 Å². The van der Waals surface area contributed by atoms with Crippen molar-refractivity contribution in [2.24, 2.45) is 0 Å². The average Bonchev–Trinajstić information content (AvgIpc) is 2.53. The van der Waals surface area contributed by atoms with Gasteiger partial charge in [-0.3, -0.25) is 0 Å². The Labute approximate surface area is 122 Å². The molecule has 110 valence electrons. The second-order valence-corrected chi connectivity index (χ2v) is 4.32. The predicted octanol–water partition coefficient (Wildman–Crippen LogP) is 2.07. The number of esters is 1. The number of methoxy groups -OCH3 is 2. The summed E-state index contributed by atoms with van der Waals surface area (Å²) in [4.78, 5) is 15.8. The molecule has 0 spiro atoms. The molecule has 0 saturated carbocycles. The molecule has 0 aliphatic heterocycles. The first-order valence-corrected chi connectivity index (χ1v) is 6.35. The zero-order chi connectivity index (χ0) is 15.2. The number of anilines is 2. The Balaban J connectivity index is 2.21. The van der Waals surface area contributed by atoms with Crippen molar-refractivity contribution >= 4 is 17.3 Å². The van der Waals surface area contributed by atoms with Gasteiger partial charge in [-0.25, -0.2) is 9.78 Å². The summed E-state index contributed by atoms with van der Waals surface area (Å²) in [5.74, 6) is 0.0978. The Kier molecular flexibility index (Phi) is 4.61. The number of nitrogen functional groups attached to an aromatic ring is 1. The van der Waals surface area contributed by atoms with Gasteiger partial charge in [-0.2, -0.15) is 0 Å². The van der Waals surface area contributed by atoms with Crippen molar-refractivity contribution in [3.63, 3.8) is 0 Å². The number of ether oxygens (including phenoxy) is 2. The van der Waals surface area contributed by atoms with Crippen molar-refractivity contribution in [2.45, 2.75) is 6.54 Å². The molecule has 0 atom stereocenters. The Morgan fingerprint density at radius 1 is 1.33 bits per heavy atom. The van der Waals surface area contributed by atoms with Crippen molar-refractivity contribution in [3.05, 3.63) is 47.7 Å². The van der Waals surface area contributed by atoms with Gasteiger partial charge in [0.05, 0.1) is 31.2 Å². The largest absolute Gasteiger partial charge is 0.481 e. The van der Waals surface area contributed by atoms with Crippen LogP contribution in [0.3, 0.4) is 0 Å². The van der Waals surface area contributed by atoms with Crippen LogP contribution in [0.15, 0.2) is 36.5 Å². The number of aromatic nitrogens is 1. The van der Waals surface area contributed by atoms with Crippen LogP contribution < -0.4 is 15.8 Å². The fraction of sp³-hybridized carbons (Fsp3) is 0.200. The smallest absolute Gasteiger partial charge is 0.340 e. The van der Waals surface area contributed by atoms with E-state index in [9.17, 15) is 4.79 Å². The Bertz CT molecular complexity index is 644. The lowest BCUT2D eigenvalue weighted by Gasteiger charge is -2.13. The van der Waals surface area contributed by atoms with Gasteiger partial charge < -0.3 is 20.5 Å². The van der Waals surface area contributed by atoms with Crippen LogP contribution in [0.2, 0.25) is 0 Å². The molecule has 0 aliphatic rings. The maximum atomic E-state index is 11.8. The number of pyridine rings is 1. The number of benzene rings is 1. The molecule has 0 bridgehead atoms. The van der Waals surface area contributed by atoms with E-state index in [4.69, 9.17) is 15.2 Å². The highest BCUT2D eigenvalue weighted by molar-refractivity contribution is 5.98. The van der Waals surface area contributed by atoms with Crippen LogP contribution in [0.1, 0.15) is 15.9 Å². The molecule has 0 aliphatic carbocycles. The average molecular weight is 287 g/mol. The third kappa shape index (κ3) is 3.42. The highest BCUT2D eigenvalue weighted by Crippen LogP contribution is 2.25. The second-order valence-electron chi connectivity index (χ2n) is 4.32. The molecule has 6 nitrogen and oxygen atoms in total. The molecule has 0 fully saturated rings. The van der Waals surface area contributed by atoms with Gasteiger partial charge in [-0.1, -0.05) is 6.07 Å². The zero-order valence-electron chi connectivity index (χ0n) is 11.9. The number of carbonyl (C=O) groups excluding carboxylic acids is 1. The minimum absolute atomic E-state index is 0.401. The van der Waals surface area contributed by atoms with Gasteiger partial charge in [0.25, 0.3) is 0 Å². The van der Waals surface area contributed by atoms with E-state index in [0.29, 0.717) is 29.4 Å². The van der Waals surface area contributed by atoms with Gasteiger partial charge >= 0.3 is 5.97 Å². The lowest BCUT2D eigenvalue weighted by molar-refractivity contribution is 0.0602. The number of hydrogen-bond acceptors (Lipinski definition) is 6. The van der Waals surface area contributed by atoms with E-state index < -0.39 is 5.97 Å². The lowest BCUT2D eigenvalue weighted by Crippen LogP contribution is -2.10. The Morgan fingerprint density at radius 2 is 2.14 bits per heavy atom. The quantitative estimate of drug-likeness (QED) is 0.646. The Hall–Kier alpha value is -2.76. The molecule has 0 amide bonds. The molecular weight excluding hydrogens is 270 g/mol. The van der Waals surface area contributed by atoms with E-state index in [0.717, 1.165) is 5.56 Å². The van der Waals surface area contributed by atoms with E-state index in [1.165, 1.54) is 7.11 Å². The van der Waals surface area contributed by atoms with Crippen molar-refractivity contribution in [3.8, 4) is 5.88 Å². The van der Waals surface area contributed by atoms with Crippen LogP contribution in [0.4, 0.5) is 11.4 Å². The van der Waals surface area contributed by atoms with E-state index in [2.05, 4.69) is 10.3 Å². The third-order valence-corrected chi connectivity index (χ3v) is 2.98. The highest BCUT2D eigenvalue weighted by Gasteiger charge is 2.13. The van der Waals surface area contributed by atoms with Gasteiger partial charge in [0.2, 0.25) is 5.88 Å². The van der Waals surface area contributed by atoms with Gasteiger partial charge in [-0.05, 0) is 23.8 Å². The van der Waals surface area contributed by atoms with Crippen molar-refractivity contribution in [1.29, 1.82) is 0 Å². The minimum atomic E-state index is -0.433. The van der Waals surface area contributed by atoms with Crippen molar-refractivity contribution in [2.75, 3.05) is 25.3 Å². The molecule has 21 heavy (non-hydrogen) atoms. The summed E-state index contributed by atoms with van der Waals surface area (Å²) < 4.78 is 9.83. The topological polar surface area (TPSA) is 86.5 Å². The van der Waals surface area contributed by atoms with Gasteiger partial charge in [0, 0.05) is 18.8 Å². The van der Waals surface area contributed by atoms with E-state index in [-0.39, 0.29) is 0 Å². The van der Waals surface area contributed by atoms with Gasteiger partial charge in [0.1, 0.15) is 0 Å². The van der Waals surface area contributed by atoms with Crippen molar-refractivity contribution < 1.29 is 14.3 Å². The molecule has 2 rings (SSSR count). The molecule has 6 heteroatoms. The lowest BCUT2D eigenvalue weighted by atomic mass is 10.1. The monoisotopic (exact) mass is 287 g/mol. The summed E-state index contributed by atoms with van der Waals surface area (Å²) >= 11 is 0. The molecule has 0 radical (unpaired) electrons. The summed E-state index contributed by atoms with van der Waals surface area (Å²) in [6.07, 6.45) is 1.66. The van der Waals surface area contributed by atoms with Gasteiger partial charge in [-0.15, -0.1) is 0 Å². The first-order valence-electron chi connectivity index (χ1n) is 6.35. The van der Waals surface area contributed by atoms with Crippen LogP contribution in [-0.4, -0.2) is 25.2 Å². The van der Waals surface area contributed by atoms with Crippen LogP contribution in [0, 0.1) is 0 Å². The van der Waals surface area contributed by atoms with E-state index >= 15 is 0 Å². The van der Waals surface area contributed by atoms with Crippen molar-refractivity contribution in [1.82, 2.24) is 4.98 Å². The second kappa shape index (κ2) is 6.60. The number of hydrogen-bond donors (Lipinski definition) is 2. The molecular formula is C15H17N3O3. The third-order valence-electron chi connectivity index (χ3n) is 2.98. The number of rotatable bonds is 5. The molecule has 2 aromatic rings. The molecule has 1 aromatic heterocycles. The number of nitrogens with two attached hydrogens (primary N) is 1. The summed E-state index contributed by atoms with van der Waals surface area (Å²) in [6.45, 7) is 0.483.